The molecule has 7 aliphatic rings. The Balaban J connectivity index is 0.632. The molecule has 6 heterocycles. The number of ketones is 2. The van der Waals surface area contributed by atoms with E-state index in [0.29, 0.717) is 88.4 Å². The highest BCUT2D eigenvalue weighted by Gasteiger charge is 2.43. The molecule has 3 fully saturated rings. The number of aryl methyl sites for hydroxylation is 2. The molecular weight excluding hydrogens is 1020 g/mol. The van der Waals surface area contributed by atoms with Gasteiger partial charge in [0.1, 0.15) is 11.5 Å². The molecule has 2 saturated heterocycles. The first-order valence-electron chi connectivity index (χ1n) is 28.6. The molecule has 420 valence electrons. The Kier molecular flexibility index (Phi) is 16.8. The number of benzene rings is 3. The van der Waals surface area contributed by atoms with E-state index in [9.17, 15) is 24.3 Å². The molecule has 18 heteroatoms. The van der Waals surface area contributed by atoms with Crippen LogP contribution >= 0.6 is 0 Å². The van der Waals surface area contributed by atoms with E-state index >= 15 is 0 Å². The largest absolute Gasteiger partial charge is 0.478 e. The lowest BCUT2D eigenvalue weighted by Crippen LogP contribution is -2.47. The zero-order valence-electron chi connectivity index (χ0n) is 46.3. The third-order valence-electron chi connectivity index (χ3n) is 16.3. The highest BCUT2D eigenvalue weighted by atomic mass is 16.6. The van der Waals surface area contributed by atoms with Gasteiger partial charge in [-0.1, -0.05) is 44.2 Å². The molecule has 18 nitrogen and oxygen atoms in total. The number of rotatable bonds is 22. The molecule has 1 saturated carbocycles. The summed E-state index contributed by atoms with van der Waals surface area (Å²) in [5.41, 5.74) is 12.4. The lowest BCUT2D eigenvalue weighted by atomic mass is 9.73. The van der Waals surface area contributed by atoms with E-state index in [1.807, 2.05) is 44.2 Å². The van der Waals surface area contributed by atoms with Crippen molar-refractivity contribution in [3.63, 3.8) is 0 Å². The van der Waals surface area contributed by atoms with Crippen molar-refractivity contribution in [3.05, 3.63) is 133 Å². The minimum absolute atomic E-state index is 0.0820. The number of hydrogen-bond donors (Lipinski definition) is 3. The van der Waals surface area contributed by atoms with Gasteiger partial charge in [-0.05, 0) is 129 Å². The Morgan fingerprint density at radius 1 is 0.750 bits per heavy atom. The van der Waals surface area contributed by atoms with Crippen molar-refractivity contribution in [2.75, 3.05) is 90.5 Å². The van der Waals surface area contributed by atoms with E-state index in [0.717, 1.165) is 117 Å². The second-order valence-corrected chi connectivity index (χ2v) is 22.6. The predicted octanol–water partition coefficient (Wildman–Crippen LogP) is 7.47. The first kappa shape index (κ1) is 55.0. The SMILES string of the molecule is Cc1nnc(-c2ccc(CNC(CCOCCOCCOCCOCCNC(=O)c3ccc(C4=C5C=C6CCCN7CCCC(=C5Oc5c4cc4c8c5CCCN8CCC4)C67)c(C(=O)O)c3)=C3C(=O)CC(C)(C)CC3=O)cc2)nn1. The average Bonchev–Trinajstić information content (AvgIpc) is 3.53. The first-order chi connectivity index (χ1) is 38.9. The molecule has 3 aromatic carbocycles. The number of Topliss-reactive ketones (excluding diaryl/α,β-unsaturated/α-hetero) is 2. The number of nitrogens with zero attached hydrogens (tertiary/aromatic N) is 6. The zero-order valence-corrected chi connectivity index (χ0v) is 46.3. The van der Waals surface area contributed by atoms with Crippen molar-refractivity contribution < 1.29 is 48.0 Å². The van der Waals surface area contributed by atoms with Gasteiger partial charge in [0, 0.05) is 90.2 Å². The summed E-state index contributed by atoms with van der Waals surface area (Å²) in [5.74, 6) is 0.893. The Morgan fingerprint density at radius 2 is 1.41 bits per heavy atom. The van der Waals surface area contributed by atoms with Gasteiger partial charge in [-0.2, -0.15) is 0 Å². The van der Waals surface area contributed by atoms with E-state index in [1.165, 1.54) is 34.0 Å². The molecule has 5 aliphatic heterocycles. The van der Waals surface area contributed by atoms with Gasteiger partial charge in [0.15, 0.2) is 17.4 Å². The lowest BCUT2D eigenvalue weighted by Gasteiger charge is -2.47. The number of fused-ring (bicyclic) bond motifs is 3. The van der Waals surface area contributed by atoms with Crippen molar-refractivity contribution in [2.24, 2.45) is 5.41 Å². The maximum absolute atomic E-state index is 13.6. The van der Waals surface area contributed by atoms with E-state index in [1.54, 1.807) is 13.0 Å². The van der Waals surface area contributed by atoms with E-state index in [4.69, 9.17) is 23.7 Å². The van der Waals surface area contributed by atoms with Crippen molar-refractivity contribution in [1.29, 1.82) is 0 Å². The summed E-state index contributed by atoms with van der Waals surface area (Å²) in [4.78, 5) is 58.5. The molecule has 1 unspecified atom stereocenters. The minimum atomic E-state index is -1.09. The molecule has 1 atom stereocenters. The highest BCUT2D eigenvalue weighted by molar-refractivity contribution is 6.22. The first-order valence-corrected chi connectivity index (χ1v) is 28.6. The summed E-state index contributed by atoms with van der Waals surface area (Å²) in [5, 5.41) is 33.3. The summed E-state index contributed by atoms with van der Waals surface area (Å²) in [6.07, 6.45) is 11.4. The fourth-order valence-electron chi connectivity index (χ4n) is 12.7. The van der Waals surface area contributed by atoms with Gasteiger partial charge in [0.2, 0.25) is 5.82 Å². The second-order valence-electron chi connectivity index (χ2n) is 22.6. The standard InChI is InChI=1S/C62H72N8O10/c1-38-65-67-59(68-66-38)40-14-12-39(13-15-40)37-64-50(54-51(71)35-62(2,3)36-52(54)72)18-24-76-26-28-78-30-31-79-29-27-77-25-19-63-60(73)43-16-17-44(47(34-43)61(74)75)53-48-32-41-8-4-20-69-22-6-10-45(55(41)69)57(48)80-58-46-11-7-23-70-21-5-9-42(56(46)70)33-49(53)58/h12-17,32-34,55,64H,4-11,18-31,35-37H2,1-3H3,(H,63,73)(H,74,75). The van der Waals surface area contributed by atoms with Crippen LogP contribution in [0.1, 0.15) is 126 Å². The zero-order chi connectivity index (χ0) is 55.3. The minimum Gasteiger partial charge on any atom is -0.478 e. The number of anilines is 1. The van der Waals surface area contributed by atoms with Gasteiger partial charge in [-0.15, -0.1) is 20.4 Å². The number of allylic oxidation sites excluding steroid dienone is 2. The number of hydrogen-bond acceptors (Lipinski definition) is 16. The molecule has 2 aliphatic carbocycles. The fraction of sp³-hybridized carbons (Fsp3) is 0.484. The van der Waals surface area contributed by atoms with Crippen LogP contribution in [0.4, 0.5) is 5.69 Å². The van der Waals surface area contributed by atoms with Crippen LogP contribution in [0.3, 0.4) is 0 Å². The highest BCUT2D eigenvalue weighted by Crippen LogP contribution is 2.54. The summed E-state index contributed by atoms with van der Waals surface area (Å²) >= 11 is 0. The Bertz CT molecular complexity index is 3160. The maximum atomic E-state index is 13.6. The van der Waals surface area contributed by atoms with Crippen LogP contribution in [0.5, 0.6) is 5.75 Å². The topological polar surface area (TPSA) is 217 Å². The lowest BCUT2D eigenvalue weighted by molar-refractivity contribution is -0.127. The Morgan fingerprint density at radius 3 is 2.12 bits per heavy atom. The molecule has 4 aromatic rings. The van der Waals surface area contributed by atoms with Crippen LogP contribution in [-0.2, 0) is 47.9 Å². The number of carboxylic acids is 1. The number of aromatic nitrogens is 4. The summed E-state index contributed by atoms with van der Waals surface area (Å²) < 4.78 is 30.2. The van der Waals surface area contributed by atoms with Crippen LogP contribution in [0, 0.1) is 12.3 Å². The van der Waals surface area contributed by atoms with E-state index < -0.39 is 5.97 Å². The molecule has 0 bridgehead atoms. The quantitative estimate of drug-likeness (QED) is 0.0395. The molecule has 0 radical (unpaired) electrons. The second kappa shape index (κ2) is 24.4. The number of carbonyl (C=O) groups is 4. The molecule has 1 aromatic heterocycles. The predicted molar refractivity (Wildman–Crippen MR) is 299 cm³/mol. The van der Waals surface area contributed by atoms with E-state index in [-0.39, 0.29) is 65.4 Å². The van der Waals surface area contributed by atoms with Gasteiger partial charge in [0.05, 0.1) is 70.0 Å². The Hall–Kier alpha value is -6.96. The van der Waals surface area contributed by atoms with Crippen molar-refractivity contribution in [2.45, 2.75) is 104 Å². The van der Waals surface area contributed by atoms with Gasteiger partial charge >= 0.3 is 5.97 Å². The van der Waals surface area contributed by atoms with Crippen molar-refractivity contribution >= 4 is 34.7 Å². The van der Waals surface area contributed by atoms with Crippen molar-refractivity contribution in [1.82, 2.24) is 35.9 Å². The van der Waals surface area contributed by atoms with Gasteiger partial charge in [-0.25, -0.2) is 4.79 Å². The molecular formula is C62H72N8O10. The van der Waals surface area contributed by atoms with Crippen molar-refractivity contribution in [3.8, 4) is 17.1 Å². The number of carbonyl (C=O) groups excluding carboxylic acids is 3. The number of aromatic carboxylic acids is 1. The number of carboxylic acid groups (broad SMARTS) is 1. The van der Waals surface area contributed by atoms with Crippen LogP contribution in [0.25, 0.3) is 17.0 Å². The third kappa shape index (κ3) is 11.9. The maximum Gasteiger partial charge on any atom is 0.336 e. The van der Waals surface area contributed by atoms with Gasteiger partial charge < -0.3 is 44.3 Å². The van der Waals surface area contributed by atoms with Crippen LogP contribution in [0.15, 0.2) is 88.4 Å². The number of ether oxygens (including phenoxy) is 5. The Labute approximate surface area is 467 Å². The molecule has 1 amide bonds. The van der Waals surface area contributed by atoms with Crippen LogP contribution in [-0.4, -0.2) is 145 Å². The van der Waals surface area contributed by atoms with Crippen LogP contribution in [0.2, 0.25) is 0 Å². The molecule has 11 rings (SSSR count). The fourth-order valence-corrected chi connectivity index (χ4v) is 12.7. The molecule has 80 heavy (non-hydrogen) atoms. The summed E-state index contributed by atoms with van der Waals surface area (Å²) in [6, 6.07) is 15.2. The smallest absolute Gasteiger partial charge is 0.336 e. The normalized spacial score (nSPS) is 19.1. The summed E-state index contributed by atoms with van der Waals surface area (Å²) in [6.45, 7) is 13.0. The van der Waals surface area contributed by atoms with Gasteiger partial charge in [0.25, 0.3) is 5.91 Å². The third-order valence-corrected chi connectivity index (χ3v) is 16.3. The summed E-state index contributed by atoms with van der Waals surface area (Å²) in [7, 11) is 0. The average molecular weight is 1090 g/mol. The van der Waals surface area contributed by atoms with E-state index in [2.05, 4.69) is 53.0 Å². The monoisotopic (exact) mass is 1090 g/mol. The van der Waals surface area contributed by atoms with Crippen LogP contribution < -0.4 is 20.3 Å². The number of piperidine rings is 2. The molecule has 3 N–H and O–H groups in total. The van der Waals surface area contributed by atoms with Gasteiger partial charge in [-0.3, -0.25) is 19.3 Å². The molecule has 0 spiro atoms. The number of amides is 1. The number of nitrogens with one attached hydrogen (secondary N) is 2.